The molecule has 0 saturated heterocycles. The van der Waals surface area contributed by atoms with E-state index in [0.29, 0.717) is 28.6 Å². The Labute approximate surface area is 157 Å². The molecule has 1 aromatic carbocycles. The Morgan fingerprint density at radius 3 is 2.50 bits per heavy atom. The van der Waals surface area contributed by atoms with E-state index in [0.717, 1.165) is 11.3 Å². The van der Waals surface area contributed by atoms with Crippen LogP contribution in [0.4, 0.5) is 5.69 Å². The summed E-state index contributed by atoms with van der Waals surface area (Å²) in [5.41, 5.74) is 3.25. The highest BCUT2D eigenvalue weighted by atomic mass is 35.5. The number of nitrogens with one attached hydrogen (secondary N) is 1. The highest BCUT2D eigenvalue weighted by molar-refractivity contribution is 7.92. The minimum absolute atomic E-state index is 0.154. The summed E-state index contributed by atoms with van der Waals surface area (Å²) in [6.45, 7) is 5.77. The van der Waals surface area contributed by atoms with E-state index in [-0.39, 0.29) is 4.90 Å². The van der Waals surface area contributed by atoms with Gasteiger partial charge in [0.1, 0.15) is 4.90 Å². The molecule has 138 valence electrons. The Bertz CT molecular complexity index is 1070. The van der Waals surface area contributed by atoms with E-state index in [4.69, 9.17) is 11.6 Å². The largest absolute Gasteiger partial charge is 0.276 e. The molecule has 0 atom stereocenters. The van der Waals surface area contributed by atoms with Crippen molar-refractivity contribution in [2.45, 2.75) is 32.2 Å². The van der Waals surface area contributed by atoms with Crippen LogP contribution in [-0.4, -0.2) is 28.0 Å². The summed E-state index contributed by atoms with van der Waals surface area (Å²) in [7, 11) is -2.06. The quantitative estimate of drug-likeness (QED) is 0.722. The van der Waals surface area contributed by atoms with Crippen molar-refractivity contribution >= 4 is 27.3 Å². The van der Waals surface area contributed by atoms with Crippen LogP contribution in [0.25, 0.3) is 0 Å². The van der Waals surface area contributed by atoms with Crippen molar-refractivity contribution in [2.24, 2.45) is 7.05 Å². The van der Waals surface area contributed by atoms with Crippen molar-refractivity contribution in [1.29, 1.82) is 0 Å². The first-order valence-corrected chi connectivity index (χ1v) is 9.85. The second kappa shape index (κ2) is 6.77. The molecule has 0 saturated carbocycles. The molecule has 2 heterocycles. The zero-order valence-corrected chi connectivity index (χ0v) is 16.6. The molecular formula is C17H20ClN5O2S. The number of sulfonamides is 1. The average molecular weight is 394 g/mol. The minimum atomic E-state index is -3.74. The Morgan fingerprint density at radius 1 is 1.15 bits per heavy atom. The van der Waals surface area contributed by atoms with E-state index in [1.54, 1.807) is 25.6 Å². The number of hydrogen-bond acceptors (Lipinski definition) is 4. The van der Waals surface area contributed by atoms with Crippen LogP contribution in [0.3, 0.4) is 0 Å². The molecule has 0 aliphatic rings. The van der Waals surface area contributed by atoms with Gasteiger partial charge in [-0.3, -0.25) is 14.1 Å². The minimum Gasteiger partial charge on any atom is -0.276 e. The molecule has 0 bridgehead atoms. The van der Waals surface area contributed by atoms with E-state index >= 15 is 0 Å². The van der Waals surface area contributed by atoms with Gasteiger partial charge in [-0.15, -0.1) is 0 Å². The summed E-state index contributed by atoms with van der Waals surface area (Å²) in [5.74, 6) is 0. The molecule has 0 amide bonds. The first-order chi connectivity index (χ1) is 12.2. The molecule has 0 spiro atoms. The van der Waals surface area contributed by atoms with Crippen molar-refractivity contribution in [3.63, 3.8) is 0 Å². The number of anilines is 1. The molecule has 3 rings (SSSR count). The number of rotatable bonds is 5. The molecule has 0 fully saturated rings. The number of aromatic nitrogens is 4. The van der Waals surface area contributed by atoms with Gasteiger partial charge in [0.15, 0.2) is 0 Å². The number of halogens is 1. The summed E-state index contributed by atoms with van der Waals surface area (Å²) in [5, 5.41) is 9.21. The van der Waals surface area contributed by atoms with Crippen molar-refractivity contribution in [3.05, 3.63) is 58.1 Å². The summed E-state index contributed by atoms with van der Waals surface area (Å²) in [6.07, 6.45) is 1.48. The van der Waals surface area contributed by atoms with Gasteiger partial charge in [0, 0.05) is 18.3 Å². The van der Waals surface area contributed by atoms with E-state index in [2.05, 4.69) is 14.9 Å². The lowest BCUT2D eigenvalue weighted by Gasteiger charge is -2.09. The standard InChI is InChI=1S/C17H20ClN5O2S/c1-11-16(10-22(4)19-11)26(24,25)21-17-12(2)20-23(13(17)3)9-14-6-5-7-15(18)8-14/h5-8,10,21H,9H2,1-4H3. The maximum Gasteiger partial charge on any atom is 0.265 e. The molecule has 0 unspecified atom stereocenters. The first-order valence-electron chi connectivity index (χ1n) is 7.99. The fourth-order valence-corrected chi connectivity index (χ4v) is 4.45. The molecule has 2 aromatic heterocycles. The molecule has 7 nitrogen and oxygen atoms in total. The van der Waals surface area contributed by atoms with E-state index in [9.17, 15) is 8.42 Å². The summed E-state index contributed by atoms with van der Waals surface area (Å²) >= 11 is 6.03. The van der Waals surface area contributed by atoms with Gasteiger partial charge >= 0.3 is 0 Å². The van der Waals surface area contributed by atoms with Crippen molar-refractivity contribution in [3.8, 4) is 0 Å². The van der Waals surface area contributed by atoms with Gasteiger partial charge in [-0.1, -0.05) is 23.7 Å². The maximum absolute atomic E-state index is 12.7. The van der Waals surface area contributed by atoms with Crippen LogP contribution >= 0.6 is 11.6 Å². The van der Waals surface area contributed by atoms with Crippen LogP contribution in [0.5, 0.6) is 0 Å². The second-order valence-corrected chi connectivity index (χ2v) is 8.28. The molecule has 9 heteroatoms. The molecule has 26 heavy (non-hydrogen) atoms. The normalized spacial score (nSPS) is 11.7. The van der Waals surface area contributed by atoms with Gasteiger partial charge in [0.05, 0.1) is 29.3 Å². The lowest BCUT2D eigenvalue weighted by molar-refractivity contribution is 0.600. The van der Waals surface area contributed by atoms with Crippen LogP contribution in [0.1, 0.15) is 22.6 Å². The SMILES string of the molecule is Cc1nn(C)cc1S(=O)(=O)Nc1c(C)nn(Cc2cccc(Cl)c2)c1C. The third kappa shape index (κ3) is 3.61. The van der Waals surface area contributed by atoms with Gasteiger partial charge in [-0.2, -0.15) is 10.2 Å². The van der Waals surface area contributed by atoms with Crippen LogP contribution in [0.15, 0.2) is 35.4 Å². The summed E-state index contributed by atoms with van der Waals surface area (Å²) in [6, 6.07) is 7.49. The Morgan fingerprint density at radius 2 is 1.88 bits per heavy atom. The predicted octanol–water partition coefficient (Wildman–Crippen LogP) is 3.04. The molecule has 0 radical (unpaired) electrons. The zero-order valence-electron chi connectivity index (χ0n) is 15.0. The number of aryl methyl sites for hydroxylation is 3. The van der Waals surface area contributed by atoms with Crippen molar-refractivity contribution in [2.75, 3.05) is 4.72 Å². The van der Waals surface area contributed by atoms with Gasteiger partial charge in [0.2, 0.25) is 0 Å². The van der Waals surface area contributed by atoms with E-state index < -0.39 is 10.0 Å². The third-order valence-electron chi connectivity index (χ3n) is 4.10. The van der Waals surface area contributed by atoms with Gasteiger partial charge < -0.3 is 0 Å². The topological polar surface area (TPSA) is 81.8 Å². The number of nitrogens with zero attached hydrogens (tertiary/aromatic N) is 4. The Hall–Kier alpha value is -2.32. The maximum atomic E-state index is 12.7. The highest BCUT2D eigenvalue weighted by Crippen LogP contribution is 2.25. The number of hydrogen-bond donors (Lipinski definition) is 1. The first kappa shape index (κ1) is 18.5. The van der Waals surface area contributed by atoms with E-state index in [1.807, 2.05) is 31.2 Å². The summed E-state index contributed by atoms with van der Waals surface area (Å²) < 4.78 is 31.4. The smallest absolute Gasteiger partial charge is 0.265 e. The highest BCUT2D eigenvalue weighted by Gasteiger charge is 2.23. The molecular weight excluding hydrogens is 374 g/mol. The molecule has 0 aliphatic carbocycles. The van der Waals surface area contributed by atoms with Crippen LogP contribution < -0.4 is 4.72 Å². The van der Waals surface area contributed by atoms with Crippen LogP contribution in [-0.2, 0) is 23.6 Å². The van der Waals surface area contributed by atoms with E-state index in [1.165, 1.54) is 10.9 Å². The van der Waals surface area contributed by atoms with Crippen LogP contribution in [0, 0.1) is 20.8 Å². The summed E-state index contributed by atoms with van der Waals surface area (Å²) in [4.78, 5) is 0.154. The van der Waals surface area contributed by atoms with Crippen molar-refractivity contribution < 1.29 is 8.42 Å². The average Bonchev–Trinajstić information content (AvgIpc) is 3.01. The van der Waals surface area contributed by atoms with Gasteiger partial charge in [-0.25, -0.2) is 8.42 Å². The molecule has 1 N–H and O–H groups in total. The van der Waals surface area contributed by atoms with Crippen LogP contribution in [0.2, 0.25) is 5.02 Å². The fourth-order valence-electron chi connectivity index (χ4n) is 2.84. The van der Waals surface area contributed by atoms with Crippen molar-refractivity contribution in [1.82, 2.24) is 19.6 Å². The third-order valence-corrected chi connectivity index (χ3v) is 5.79. The Kier molecular flexibility index (Phi) is 4.81. The van der Waals surface area contributed by atoms with Gasteiger partial charge in [-0.05, 0) is 38.5 Å². The Balaban J connectivity index is 1.92. The zero-order chi connectivity index (χ0) is 19.1. The predicted molar refractivity (Wildman–Crippen MR) is 101 cm³/mol. The lowest BCUT2D eigenvalue weighted by Crippen LogP contribution is -2.14. The monoisotopic (exact) mass is 393 g/mol. The van der Waals surface area contributed by atoms with Gasteiger partial charge in [0.25, 0.3) is 10.0 Å². The fraction of sp³-hybridized carbons (Fsp3) is 0.294. The number of benzene rings is 1. The second-order valence-electron chi connectivity index (χ2n) is 6.19. The lowest BCUT2D eigenvalue weighted by atomic mass is 10.2. The molecule has 3 aromatic rings. The molecule has 0 aliphatic heterocycles.